The predicted molar refractivity (Wildman–Crippen MR) is 42.5 cm³/mol. The van der Waals surface area contributed by atoms with Crippen LogP contribution in [0.25, 0.3) is 0 Å². The van der Waals surface area contributed by atoms with Gasteiger partial charge in [-0.2, -0.15) is 5.26 Å². The number of hydrogen-bond donors (Lipinski definition) is 1. The van der Waals surface area contributed by atoms with Crippen molar-refractivity contribution in [3.05, 3.63) is 0 Å². The summed E-state index contributed by atoms with van der Waals surface area (Å²) in [6.07, 6.45) is -0.249. The van der Waals surface area contributed by atoms with Gasteiger partial charge in [0, 0.05) is 13.0 Å². The number of alkyl halides is 1. The lowest BCUT2D eigenvalue weighted by atomic mass is 10.2. The Morgan fingerprint density at radius 3 is 3.00 bits per heavy atom. The van der Waals surface area contributed by atoms with Crippen molar-refractivity contribution in [1.29, 1.82) is 5.26 Å². The molecule has 1 heterocycles. The van der Waals surface area contributed by atoms with E-state index in [-0.39, 0.29) is 18.3 Å². The Kier molecular flexibility index (Phi) is 2.90. The highest BCUT2D eigenvalue weighted by atomic mass is 35.5. The Hall–Kier alpha value is -0.790. The van der Waals surface area contributed by atoms with E-state index in [0.29, 0.717) is 6.42 Å². The summed E-state index contributed by atoms with van der Waals surface area (Å²) in [7, 11) is 0. The third-order valence-electron chi connectivity index (χ3n) is 1.86. The van der Waals surface area contributed by atoms with Gasteiger partial charge in [0.2, 0.25) is 5.91 Å². The lowest BCUT2D eigenvalue weighted by Gasteiger charge is -2.17. The van der Waals surface area contributed by atoms with Gasteiger partial charge in [0.05, 0.1) is 12.2 Å². The number of amides is 1. The molecule has 1 fully saturated rings. The van der Waals surface area contributed by atoms with Crippen LogP contribution in [0.3, 0.4) is 0 Å². The summed E-state index contributed by atoms with van der Waals surface area (Å²) in [4.78, 5) is 12.4. The van der Waals surface area contributed by atoms with Gasteiger partial charge in [-0.25, -0.2) is 0 Å². The van der Waals surface area contributed by atoms with Crippen molar-refractivity contribution >= 4 is 17.5 Å². The van der Waals surface area contributed by atoms with E-state index >= 15 is 0 Å². The van der Waals surface area contributed by atoms with Crippen molar-refractivity contribution < 1.29 is 9.90 Å². The van der Waals surface area contributed by atoms with Crippen LogP contribution in [-0.2, 0) is 4.79 Å². The molecular weight excluding hydrogens is 180 g/mol. The second-order valence-electron chi connectivity index (χ2n) is 2.71. The van der Waals surface area contributed by atoms with E-state index < -0.39 is 12.1 Å². The van der Waals surface area contributed by atoms with Crippen LogP contribution in [0.4, 0.5) is 0 Å². The zero-order valence-electron chi connectivity index (χ0n) is 6.40. The largest absolute Gasteiger partial charge is 0.391 e. The van der Waals surface area contributed by atoms with Crippen LogP contribution in [0, 0.1) is 11.3 Å². The van der Waals surface area contributed by atoms with Crippen molar-refractivity contribution in [2.75, 3.05) is 12.4 Å². The maximum Gasteiger partial charge on any atom is 0.238 e. The molecule has 0 aromatic carbocycles. The van der Waals surface area contributed by atoms with Gasteiger partial charge in [0.1, 0.15) is 11.9 Å². The molecule has 0 spiro atoms. The fourth-order valence-electron chi connectivity index (χ4n) is 1.29. The van der Waals surface area contributed by atoms with E-state index in [2.05, 4.69) is 0 Å². The fourth-order valence-corrected chi connectivity index (χ4v) is 1.44. The Balaban J connectivity index is 2.65. The molecule has 0 aromatic heterocycles. The van der Waals surface area contributed by atoms with E-state index in [1.165, 1.54) is 4.90 Å². The monoisotopic (exact) mass is 188 g/mol. The summed E-state index contributed by atoms with van der Waals surface area (Å²) >= 11 is 5.32. The summed E-state index contributed by atoms with van der Waals surface area (Å²) < 4.78 is 0. The highest BCUT2D eigenvalue weighted by molar-refractivity contribution is 6.27. The van der Waals surface area contributed by atoms with Crippen LogP contribution in [0.2, 0.25) is 0 Å². The fraction of sp³-hybridized carbons (Fsp3) is 0.714. The molecule has 1 saturated heterocycles. The minimum absolute atomic E-state index is 0.134. The van der Waals surface area contributed by atoms with Crippen LogP contribution >= 0.6 is 11.6 Å². The van der Waals surface area contributed by atoms with Gasteiger partial charge in [-0.05, 0) is 0 Å². The minimum atomic E-state index is -0.582. The SMILES string of the molecule is N#C[C@@H]1C[C@@H](O)CN1C(=O)CCl. The summed E-state index contributed by atoms with van der Waals surface area (Å²) in [5.41, 5.74) is 0. The number of carbonyl (C=O) groups excluding carboxylic acids is 1. The van der Waals surface area contributed by atoms with Crippen LogP contribution in [0.15, 0.2) is 0 Å². The van der Waals surface area contributed by atoms with Gasteiger partial charge in [-0.15, -0.1) is 11.6 Å². The van der Waals surface area contributed by atoms with Crippen LogP contribution in [-0.4, -0.2) is 40.5 Å². The second-order valence-corrected chi connectivity index (χ2v) is 2.98. The normalized spacial score (nSPS) is 28.6. The molecule has 0 aliphatic carbocycles. The molecular formula is C7H9ClN2O2. The first-order valence-electron chi connectivity index (χ1n) is 3.62. The lowest BCUT2D eigenvalue weighted by molar-refractivity contribution is -0.128. The van der Waals surface area contributed by atoms with E-state index in [4.69, 9.17) is 22.0 Å². The van der Waals surface area contributed by atoms with Crippen molar-refractivity contribution in [3.63, 3.8) is 0 Å². The van der Waals surface area contributed by atoms with E-state index in [9.17, 15) is 4.79 Å². The van der Waals surface area contributed by atoms with Gasteiger partial charge in [0.25, 0.3) is 0 Å². The number of rotatable bonds is 1. The van der Waals surface area contributed by atoms with Gasteiger partial charge in [0.15, 0.2) is 0 Å². The Bertz CT molecular complexity index is 226. The van der Waals surface area contributed by atoms with Crippen LogP contribution in [0.1, 0.15) is 6.42 Å². The number of nitriles is 1. The number of hydrogen-bond acceptors (Lipinski definition) is 3. The highest BCUT2D eigenvalue weighted by Crippen LogP contribution is 2.17. The number of carbonyl (C=O) groups is 1. The zero-order valence-corrected chi connectivity index (χ0v) is 7.16. The number of halogens is 1. The molecule has 5 heteroatoms. The van der Waals surface area contributed by atoms with Gasteiger partial charge < -0.3 is 10.0 Å². The molecule has 66 valence electrons. The molecule has 0 unspecified atom stereocenters. The van der Waals surface area contributed by atoms with Crippen molar-refractivity contribution in [1.82, 2.24) is 4.90 Å². The molecule has 1 N–H and O–H groups in total. The number of likely N-dealkylation sites (tertiary alicyclic amines) is 1. The standard InChI is InChI=1S/C7H9ClN2O2/c8-2-7(12)10-4-6(11)1-5(10)3-9/h5-6,11H,1-2,4H2/t5-,6+/m0/s1. The number of β-amino-alcohol motifs (C(OH)–C–C–N with tert-alkyl or cyclic N) is 1. The quantitative estimate of drug-likeness (QED) is 0.576. The van der Waals surface area contributed by atoms with Crippen LogP contribution in [0.5, 0.6) is 0 Å². The predicted octanol–water partition coefficient (Wildman–Crippen LogP) is -0.289. The molecule has 0 aromatic rings. The molecule has 0 bridgehead atoms. The number of aliphatic hydroxyl groups is 1. The number of nitrogens with zero attached hydrogens (tertiary/aromatic N) is 2. The summed E-state index contributed by atoms with van der Waals surface area (Å²) in [5.74, 6) is -0.426. The summed E-state index contributed by atoms with van der Waals surface area (Å²) in [5, 5.41) is 17.8. The van der Waals surface area contributed by atoms with Gasteiger partial charge in [-0.3, -0.25) is 4.79 Å². The molecule has 1 aliphatic rings. The Morgan fingerprint density at radius 1 is 1.83 bits per heavy atom. The van der Waals surface area contributed by atoms with Gasteiger partial charge >= 0.3 is 0 Å². The third-order valence-corrected chi connectivity index (χ3v) is 2.09. The molecule has 2 atom stereocenters. The molecule has 1 amide bonds. The molecule has 1 aliphatic heterocycles. The van der Waals surface area contributed by atoms with Crippen LogP contribution < -0.4 is 0 Å². The molecule has 4 nitrogen and oxygen atoms in total. The first kappa shape index (κ1) is 9.30. The molecule has 0 saturated carbocycles. The average Bonchev–Trinajstić information content (AvgIpc) is 2.45. The topological polar surface area (TPSA) is 64.3 Å². The number of aliphatic hydroxyl groups excluding tert-OH is 1. The van der Waals surface area contributed by atoms with Crippen molar-refractivity contribution in [2.24, 2.45) is 0 Å². The van der Waals surface area contributed by atoms with Crippen molar-refractivity contribution in [2.45, 2.75) is 18.6 Å². The average molecular weight is 189 g/mol. The van der Waals surface area contributed by atoms with E-state index in [1.54, 1.807) is 0 Å². The van der Waals surface area contributed by atoms with E-state index in [1.807, 2.05) is 6.07 Å². The lowest BCUT2D eigenvalue weighted by Crippen LogP contribution is -2.36. The zero-order chi connectivity index (χ0) is 9.14. The van der Waals surface area contributed by atoms with E-state index in [0.717, 1.165) is 0 Å². The Labute approximate surface area is 75.3 Å². The molecule has 12 heavy (non-hydrogen) atoms. The second kappa shape index (κ2) is 3.74. The Morgan fingerprint density at radius 2 is 2.50 bits per heavy atom. The summed E-state index contributed by atoms with van der Waals surface area (Å²) in [6.45, 7) is 0.226. The first-order chi connectivity index (χ1) is 5.69. The highest BCUT2D eigenvalue weighted by Gasteiger charge is 2.33. The smallest absolute Gasteiger partial charge is 0.238 e. The molecule has 0 radical (unpaired) electrons. The maximum absolute atomic E-state index is 11.1. The first-order valence-corrected chi connectivity index (χ1v) is 4.15. The summed E-state index contributed by atoms with van der Waals surface area (Å²) in [6, 6.07) is 1.44. The third kappa shape index (κ3) is 1.68. The van der Waals surface area contributed by atoms with Crippen molar-refractivity contribution in [3.8, 4) is 6.07 Å². The minimum Gasteiger partial charge on any atom is -0.391 e. The molecule has 1 rings (SSSR count). The van der Waals surface area contributed by atoms with Gasteiger partial charge in [-0.1, -0.05) is 0 Å². The maximum atomic E-state index is 11.1.